The maximum Gasteiger partial charge on any atom is 0.287 e. The summed E-state index contributed by atoms with van der Waals surface area (Å²) >= 11 is 0. The van der Waals surface area contributed by atoms with Crippen LogP contribution in [0.2, 0.25) is 0 Å². The molecule has 1 heterocycles. The van der Waals surface area contributed by atoms with Crippen molar-refractivity contribution in [2.24, 2.45) is 0 Å². The van der Waals surface area contributed by atoms with E-state index in [1.54, 1.807) is 25.1 Å². The summed E-state index contributed by atoms with van der Waals surface area (Å²) in [4.78, 5) is 15.0. The smallest absolute Gasteiger partial charge is 0.287 e. The second kappa shape index (κ2) is 4.97. The predicted molar refractivity (Wildman–Crippen MR) is 67.4 cm³/mol. The second-order valence-electron chi connectivity index (χ2n) is 4.37. The highest BCUT2D eigenvalue weighted by atomic mass is 19.3. The number of rotatable bonds is 4. The number of alkyl halides is 2. The molecule has 0 spiro atoms. The average Bonchev–Trinajstić information content (AvgIpc) is 2.72. The Morgan fingerprint density at radius 3 is 2.79 bits per heavy atom. The average molecular weight is 268 g/mol. The van der Waals surface area contributed by atoms with Crippen LogP contribution in [-0.2, 0) is 0 Å². The summed E-state index contributed by atoms with van der Waals surface area (Å²) in [6.07, 6.45) is 0. The lowest BCUT2D eigenvalue weighted by molar-refractivity contribution is -0.0461. The van der Waals surface area contributed by atoms with E-state index in [2.05, 4.69) is 10.3 Å². The van der Waals surface area contributed by atoms with Crippen molar-refractivity contribution in [3.63, 3.8) is 0 Å². The number of halogens is 2. The number of amides is 1. The first-order valence-electron chi connectivity index (χ1n) is 5.79. The number of aryl methyl sites for hydroxylation is 1. The molecule has 6 heteroatoms. The van der Waals surface area contributed by atoms with Gasteiger partial charge in [-0.05, 0) is 13.0 Å². The number of fused-ring (bicyclic) bond motifs is 1. The topological polar surface area (TPSA) is 65.1 Å². The number of hydrogen-bond acceptors (Lipinski definition) is 2. The van der Waals surface area contributed by atoms with E-state index in [1.807, 2.05) is 6.07 Å². The molecule has 19 heavy (non-hydrogen) atoms. The fourth-order valence-corrected chi connectivity index (χ4v) is 1.92. The quantitative estimate of drug-likeness (QED) is 0.792. The number of aliphatic hydroxyl groups is 1. The molecule has 0 fully saturated rings. The van der Waals surface area contributed by atoms with Gasteiger partial charge < -0.3 is 15.4 Å². The van der Waals surface area contributed by atoms with Crippen LogP contribution in [-0.4, -0.2) is 35.1 Å². The van der Waals surface area contributed by atoms with Gasteiger partial charge in [-0.3, -0.25) is 4.79 Å². The third-order valence-electron chi connectivity index (χ3n) is 2.86. The van der Waals surface area contributed by atoms with Gasteiger partial charge in [0, 0.05) is 16.6 Å². The second-order valence-corrected chi connectivity index (χ2v) is 4.37. The highest BCUT2D eigenvalue weighted by Gasteiger charge is 2.29. The van der Waals surface area contributed by atoms with Gasteiger partial charge in [-0.15, -0.1) is 0 Å². The zero-order valence-corrected chi connectivity index (χ0v) is 10.3. The van der Waals surface area contributed by atoms with Crippen LogP contribution < -0.4 is 5.32 Å². The van der Waals surface area contributed by atoms with E-state index in [0.29, 0.717) is 16.6 Å². The Morgan fingerprint density at radius 1 is 1.42 bits per heavy atom. The molecule has 0 radical (unpaired) electrons. The molecule has 0 bridgehead atoms. The Hall–Kier alpha value is -1.95. The fourth-order valence-electron chi connectivity index (χ4n) is 1.92. The van der Waals surface area contributed by atoms with Crippen molar-refractivity contribution in [1.29, 1.82) is 0 Å². The summed E-state index contributed by atoms with van der Waals surface area (Å²) in [5.74, 6) is -3.89. The molecule has 1 aromatic carbocycles. The number of aromatic nitrogens is 1. The molecular formula is C13H14F2N2O2. The van der Waals surface area contributed by atoms with Crippen molar-refractivity contribution in [3.05, 3.63) is 35.5 Å². The zero-order chi connectivity index (χ0) is 14.0. The first kappa shape index (κ1) is 13.5. The van der Waals surface area contributed by atoms with Crippen LogP contribution in [0.15, 0.2) is 24.3 Å². The lowest BCUT2D eigenvalue weighted by Crippen LogP contribution is -2.39. The van der Waals surface area contributed by atoms with Gasteiger partial charge in [-0.1, -0.05) is 18.2 Å². The van der Waals surface area contributed by atoms with E-state index < -0.39 is 25.0 Å². The maximum absolute atomic E-state index is 12.9. The number of carbonyl (C=O) groups is 1. The number of aromatic amines is 1. The zero-order valence-electron chi connectivity index (χ0n) is 10.3. The molecule has 3 N–H and O–H groups in total. The minimum atomic E-state index is -3.31. The van der Waals surface area contributed by atoms with E-state index >= 15 is 0 Å². The van der Waals surface area contributed by atoms with Crippen LogP contribution in [0.4, 0.5) is 8.78 Å². The SMILES string of the molecule is Cc1[nH]c2ccccc2c1C(=O)NCC(F)(F)CO. The predicted octanol–water partition coefficient (Wildman–Crippen LogP) is 1.83. The Labute approximate surface area is 108 Å². The van der Waals surface area contributed by atoms with Crippen molar-refractivity contribution in [2.45, 2.75) is 12.8 Å². The summed E-state index contributed by atoms with van der Waals surface area (Å²) in [5.41, 5.74) is 1.74. The number of hydrogen-bond donors (Lipinski definition) is 3. The molecule has 1 amide bonds. The molecule has 0 aliphatic heterocycles. The van der Waals surface area contributed by atoms with E-state index in [1.165, 1.54) is 0 Å². The normalized spacial score (nSPS) is 11.8. The monoisotopic (exact) mass is 268 g/mol. The Kier molecular flexibility index (Phi) is 3.53. The molecule has 0 saturated heterocycles. The van der Waals surface area contributed by atoms with Gasteiger partial charge in [-0.2, -0.15) is 0 Å². The van der Waals surface area contributed by atoms with Crippen LogP contribution in [0.3, 0.4) is 0 Å². The van der Waals surface area contributed by atoms with E-state index in [4.69, 9.17) is 5.11 Å². The van der Waals surface area contributed by atoms with Gasteiger partial charge in [0.25, 0.3) is 11.8 Å². The standard InChI is InChI=1S/C13H14F2N2O2/c1-8-11(9-4-2-3-5-10(9)17-8)12(19)16-6-13(14,15)7-18/h2-5,17-18H,6-7H2,1H3,(H,16,19). The van der Waals surface area contributed by atoms with Crippen LogP contribution in [0.5, 0.6) is 0 Å². The number of aliphatic hydroxyl groups excluding tert-OH is 1. The lowest BCUT2D eigenvalue weighted by atomic mass is 10.1. The van der Waals surface area contributed by atoms with Crippen molar-refractivity contribution < 1.29 is 18.7 Å². The Morgan fingerprint density at radius 2 is 2.11 bits per heavy atom. The van der Waals surface area contributed by atoms with Gasteiger partial charge in [-0.25, -0.2) is 8.78 Å². The summed E-state index contributed by atoms with van der Waals surface area (Å²) in [5, 5.41) is 11.3. The molecule has 0 aliphatic carbocycles. The molecule has 0 unspecified atom stereocenters. The molecule has 2 rings (SSSR count). The van der Waals surface area contributed by atoms with Crippen molar-refractivity contribution in [3.8, 4) is 0 Å². The summed E-state index contributed by atoms with van der Waals surface area (Å²) in [6, 6.07) is 7.15. The van der Waals surface area contributed by atoms with Gasteiger partial charge in [0.15, 0.2) is 0 Å². The summed E-state index contributed by atoms with van der Waals surface area (Å²) < 4.78 is 25.8. The first-order chi connectivity index (χ1) is 8.94. The van der Waals surface area contributed by atoms with E-state index in [9.17, 15) is 13.6 Å². The van der Waals surface area contributed by atoms with Gasteiger partial charge in [0.2, 0.25) is 0 Å². The number of benzene rings is 1. The first-order valence-corrected chi connectivity index (χ1v) is 5.79. The van der Waals surface area contributed by atoms with Gasteiger partial charge in [0.1, 0.15) is 6.61 Å². The fraction of sp³-hybridized carbons (Fsp3) is 0.308. The van der Waals surface area contributed by atoms with Crippen LogP contribution >= 0.6 is 0 Å². The molecule has 1 aromatic heterocycles. The number of H-pyrrole nitrogens is 1. The lowest BCUT2D eigenvalue weighted by Gasteiger charge is -2.13. The number of carbonyl (C=O) groups excluding carboxylic acids is 1. The third-order valence-corrected chi connectivity index (χ3v) is 2.86. The highest BCUT2D eigenvalue weighted by molar-refractivity contribution is 6.08. The minimum Gasteiger partial charge on any atom is -0.390 e. The minimum absolute atomic E-state index is 0.351. The number of nitrogens with one attached hydrogen (secondary N) is 2. The number of para-hydroxylation sites is 1. The van der Waals surface area contributed by atoms with Gasteiger partial charge in [0.05, 0.1) is 12.1 Å². The third kappa shape index (κ3) is 2.73. The van der Waals surface area contributed by atoms with Crippen LogP contribution in [0, 0.1) is 6.92 Å². The Bertz CT molecular complexity index is 608. The van der Waals surface area contributed by atoms with Crippen LogP contribution in [0.1, 0.15) is 16.1 Å². The molecule has 0 atom stereocenters. The molecule has 4 nitrogen and oxygen atoms in total. The molecule has 0 aliphatic rings. The Balaban J connectivity index is 2.24. The van der Waals surface area contributed by atoms with E-state index in [-0.39, 0.29) is 0 Å². The van der Waals surface area contributed by atoms with Crippen molar-refractivity contribution in [1.82, 2.24) is 10.3 Å². The summed E-state index contributed by atoms with van der Waals surface area (Å²) in [6.45, 7) is -0.472. The van der Waals surface area contributed by atoms with Crippen LogP contribution in [0.25, 0.3) is 10.9 Å². The molecule has 2 aromatic rings. The van der Waals surface area contributed by atoms with Crippen molar-refractivity contribution in [2.75, 3.05) is 13.2 Å². The molecule has 0 saturated carbocycles. The van der Waals surface area contributed by atoms with E-state index in [0.717, 1.165) is 5.52 Å². The van der Waals surface area contributed by atoms with Crippen molar-refractivity contribution >= 4 is 16.8 Å². The maximum atomic E-state index is 12.9. The largest absolute Gasteiger partial charge is 0.390 e. The highest BCUT2D eigenvalue weighted by Crippen LogP contribution is 2.22. The summed E-state index contributed by atoms with van der Waals surface area (Å²) in [7, 11) is 0. The van der Waals surface area contributed by atoms with Gasteiger partial charge >= 0.3 is 0 Å². The molecule has 102 valence electrons. The molecular weight excluding hydrogens is 254 g/mol.